The topological polar surface area (TPSA) is 51.8 Å². The first-order valence-corrected chi connectivity index (χ1v) is 6.03. The maximum atomic E-state index is 5.44. The monoisotopic (exact) mass is 211 g/mol. The van der Waals surface area contributed by atoms with Gasteiger partial charge in [0, 0.05) is 0 Å². The van der Waals surface area contributed by atoms with Gasteiger partial charge in [-0.15, -0.1) is 22.0 Å². The zero-order valence-electron chi connectivity index (χ0n) is 8.57. The van der Waals surface area contributed by atoms with E-state index in [0.29, 0.717) is 5.82 Å². The van der Waals surface area contributed by atoms with Gasteiger partial charge in [-0.2, -0.15) is 0 Å². The van der Waals surface area contributed by atoms with E-state index in [1.54, 1.807) is 17.8 Å². The maximum absolute atomic E-state index is 5.44. The van der Waals surface area contributed by atoms with E-state index in [0.717, 1.165) is 10.8 Å². The van der Waals surface area contributed by atoms with Crippen LogP contribution in [0.5, 0.6) is 0 Å². The molecule has 1 rings (SSSR count). The Balaban J connectivity index is 2.15. The van der Waals surface area contributed by atoms with Gasteiger partial charge < -0.3 is 5.73 Å². The zero-order chi connectivity index (χ0) is 10.2. The van der Waals surface area contributed by atoms with Gasteiger partial charge in [0.15, 0.2) is 0 Å². The summed E-state index contributed by atoms with van der Waals surface area (Å²) in [6.45, 7) is 2.22. The molecule has 78 valence electrons. The summed E-state index contributed by atoms with van der Waals surface area (Å²) >= 11 is 1.75. The highest BCUT2D eigenvalue weighted by Crippen LogP contribution is 2.16. The lowest BCUT2D eigenvalue weighted by atomic mass is 10.2. The third-order valence-corrected chi connectivity index (χ3v) is 2.91. The van der Waals surface area contributed by atoms with Crippen molar-refractivity contribution in [3.63, 3.8) is 0 Å². The van der Waals surface area contributed by atoms with E-state index in [1.807, 2.05) is 6.07 Å². The van der Waals surface area contributed by atoms with E-state index >= 15 is 0 Å². The molecule has 0 bridgehead atoms. The van der Waals surface area contributed by atoms with Gasteiger partial charge in [0.25, 0.3) is 0 Å². The molecule has 2 N–H and O–H groups in total. The average molecular weight is 211 g/mol. The quantitative estimate of drug-likeness (QED) is 0.580. The van der Waals surface area contributed by atoms with Gasteiger partial charge in [-0.1, -0.05) is 26.2 Å². The molecule has 14 heavy (non-hydrogen) atoms. The summed E-state index contributed by atoms with van der Waals surface area (Å²) in [6.07, 6.45) is 5.18. The Labute approximate surface area is 89.5 Å². The molecule has 0 amide bonds. The number of nitrogens with zero attached hydrogens (tertiary/aromatic N) is 2. The van der Waals surface area contributed by atoms with Crippen LogP contribution >= 0.6 is 11.8 Å². The molecule has 0 radical (unpaired) electrons. The largest absolute Gasteiger partial charge is 0.382 e. The highest BCUT2D eigenvalue weighted by molar-refractivity contribution is 7.99. The van der Waals surface area contributed by atoms with Crippen LogP contribution in [0.15, 0.2) is 17.2 Å². The molecule has 0 saturated carbocycles. The fourth-order valence-electron chi connectivity index (χ4n) is 1.11. The van der Waals surface area contributed by atoms with E-state index in [-0.39, 0.29) is 0 Å². The lowest BCUT2D eigenvalue weighted by Crippen LogP contribution is -1.93. The van der Waals surface area contributed by atoms with Crippen molar-refractivity contribution in [1.82, 2.24) is 10.2 Å². The normalized spacial score (nSPS) is 10.4. The molecule has 0 spiro atoms. The Morgan fingerprint density at radius 1 is 1.21 bits per heavy atom. The number of nitrogens with two attached hydrogens (primary N) is 1. The molecule has 0 atom stereocenters. The van der Waals surface area contributed by atoms with Gasteiger partial charge in [-0.05, 0) is 24.3 Å². The van der Waals surface area contributed by atoms with Crippen molar-refractivity contribution in [2.45, 2.75) is 37.6 Å². The van der Waals surface area contributed by atoms with Crippen LogP contribution in [0.1, 0.15) is 32.6 Å². The van der Waals surface area contributed by atoms with Gasteiger partial charge in [-0.3, -0.25) is 0 Å². The number of anilines is 1. The predicted molar refractivity (Wildman–Crippen MR) is 61.3 cm³/mol. The molecular weight excluding hydrogens is 194 g/mol. The minimum Gasteiger partial charge on any atom is -0.382 e. The molecule has 0 aliphatic carbocycles. The number of unbranched alkanes of at least 4 members (excludes halogenated alkanes) is 3. The lowest BCUT2D eigenvalue weighted by molar-refractivity contribution is 0.706. The Kier molecular flexibility index (Phi) is 5.37. The molecule has 4 heteroatoms. The van der Waals surface area contributed by atoms with Gasteiger partial charge >= 0.3 is 0 Å². The molecule has 1 heterocycles. The first kappa shape index (κ1) is 11.3. The van der Waals surface area contributed by atoms with Crippen molar-refractivity contribution >= 4 is 17.6 Å². The second kappa shape index (κ2) is 6.65. The SMILES string of the molecule is CCCCCCSc1ccc(N)nn1. The van der Waals surface area contributed by atoms with Crippen LogP contribution < -0.4 is 5.73 Å². The van der Waals surface area contributed by atoms with Crippen LogP contribution in [-0.2, 0) is 0 Å². The number of thioether (sulfide) groups is 1. The Morgan fingerprint density at radius 3 is 2.71 bits per heavy atom. The van der Waals surface area contributed by atoms with Gasteiger partial charge in [0.05, 0.1) is 0 Å². The van der Waals surface area contributed by atoms with Crippen molar-refractivity contribution < 1.29 is 0 Å². The average Bonchev–Trinajstić information content (AvgIpc) is 2.21. The first-order chi connectivity index (χ1) is 6.83. The third kappa shape index (κ3) is 4.46. The predicted octanol–water partition coefficient (Wildman–Crippen LogP) is 2.73. The Hall–Kier alpha value is -0.770. The number of aromatic nitrogens is 2. The second-order valence-electron chi connectivity index (χ2n) is 3.21. The third-order valence-electron chi connectivity index (χ3n) is 1.91. The van der Waals surface area contributed by atoms with Crippen molar-refractivity contribution in [2.75, 3.05) is 11.5 Å². The standard InChI is InChI=1S/C10H17N3S/c1-2-3-4-5-8-14-10-7-6-9(11)12-13-10/h6-7H,2-5,8H2,1H3,(H2,11,12). The van der Waals surface area contributed by atoms with Crippen LogP contribution in [0.2, 0.25) is 0 Å². The Morgan fingerprint density at radius 2 is 2.07 bits per heavy atom. The van der Waals surface area contributed by atoms with Crippen LogP contribution in [0.25, 0.3) is 0 Å². The van der Waals surface area contributed by atoms with Crippen LogP contribution in [0.4, 0.5) is 5.82 Å². The van der Waals surface area contributed by atoms with Gasteiger partial charge in [0.2, 0.25) is 0 Å². The zero-order valence-corrected chi connectivity index (χ0v) is 9.39. The van der Waals surface area contributed by atoms with Crippen molar-refractivity contribution in [3.8, 4) is 0 Å². The summed E-state index contributed by atoms with van der Waals surface area (Å²) in [7, 11) is 0. The molecule has 0 aliphatic heterocycles. The summed E-state index contributed by atoms with van der Waals surface area (Å²) in [5, 5.41) is 8.75. The van der Waals surface area contributed by atoms with E-state index in [2.05, 4.69) is 17.1 Å². The number of rotatable bonds is 6. The molecule has 0 aromatic carbocycles. The molecule has 3 nitrogen and oxygen atoms in total. The van der Waals surface area contributed by atoms with Crippen molar-refractivity contribution in [1.29, 1.82) is 0 Å². The molecule has 0 saturated heterocycles. The molecule has 0 fully saturated rings. The maximum Gasteiger partial charge on any atom is 0.146 e. The minimum absolute atomic E-state index is 0.486. The number of hydrogen-bond acceptors (Lipinski definition) is 4. The number of hydrogen-bond donors (Lipinski definition) is 1. The highest BCUT2D eigenvalue weighted by Gasteiger charge is 1.96. The summed E-state index contributed by atoms with van der Waals surface area (Å²) < 4.78 is 0. The van der Waals surface area contributed by atoms with E-state index < -0.39 is 0 Å². The molecule has 0 unspecified atom stereocenters. The number of nitrogen functional groups attached to an aromatic ring is 1. The molecular formula is C10H17N3S. The van der Waals surface area contributed by atoms with Crippen molar-refractivity contribution in [3.05, 3.63) is 12.1 Å². The summed E-state index contributed by atoms with van der Waals surface area (Å²) in [5.74, 6) is 1.61. The second-order valence-corrected chi connectivity index (χ2v) is 4.32. The highest BCUT2D eigenvalue weighted by atomic mass is 32.2. The summed E-state index contributed by atoms with van der Waals surface area (Å²) in [4.78, 5) is 0. The fraction of sp³-hybridized carbons (Fsp3) is 0.600. The van der Waals surface area contributed by atoms with E-state index in [4.69, 9.17) is 5.73 Å². The fourth-order valence-corrected chi connectivity index (χ4v) is 1.93. The van der Waals surface area contributed by atoms with Crippen LogP contribution in [0.3, 0.4) is 0 Å². The summed E-state index contributed by atoms with van der Waals surface area (Å²) in [6, 6.07) is 3.72. The van der Waals surface area contributed by atoms with Gasteiger partial charge in [0.1, 0.15) is 10.8 Å². The van der Waals surface area contributed by atoms with E-state index in [9.17, 15) is 0 Å². The van der Waals surface area contributed by atoms with Crippen molar-refractivity contribution in [2.24, 2.45) is 0 Å². The molecule has 1 aromatic heterocycles. The molecule has 0 aliphatic rings. The smallest absolute Gasteiger partial charge is 0.146 e. The lowest BCUT2D eigenvalue weighted by Gasteiger charge is -1.99. The molecule has 1 aromatic rings. The first-order valence-electron chi connectivity index (χ1n) is 5.05. The summed E-state index contributed by atoms with van der Waals surface area (Å²) in [5.41, 5.74) is 5.44. The van der Waals surface area contributed by atoms with Crippen LogP contribution in [-0.4, -0.2) is 16.0 Å². The van der Waals surface area contributed by atoms with Gasteiger partial charge in [-0.25, -0.2) is 0 Å². The Bertz CT molecular complexity index is 248. The minimum atomic E-state index is 0.486. The van der Waals surface area contributed by atoms with Crippen LogP contribution in [0, 0.1) is 0 Å². The van der Waals surface area contributed by atoms with E-state index in [1.165, 1.54) is 25.7 Å².